The molecule has 0 aromatic heterocycles. The van der Waals surface area contributed by atoms with E-state index in [4.69, 9.17) is 4.74 Å². The van der Waals surface area contributed by atoms with E-state index in [-0.39, 0.29) is 17.3 Å². The van der Waals surface area contributed by atoms with Gasteiger partial charge in [-0.1, -0.05) is 18.2 Å². The van der Waals surface area contributed by atoms with E-state index in [1.165, 1.54) is 13.2 Å². The van der Waals surface area contributed by atoms with Gasteiger partial charge < -0.3 is 14.6 Å². The molecule has 0 saturated heterocycles. The third-order valence-electron chi connectivity index (χ3n) is 3.12. The second-order valence-corrected chi connectivity index (χ2v) is 4.19. The highest BCUT2D eigenvalue weighted by Gasteiger charge is 2.25. The second-order valence-electron chi connectivity index (χ2n) is 4.19. The van der Waals surface area contributed by atoms with Gasteiger partial charge in [0.2, 0.25) is 0 Å². The van der Waals surface area contributed by atoms with Crippen LogP contribution < -0.4 is 9.84 Å². The zero-order chi connectivity index (χ0) is 13.1. The minimum absolute atomic E-state index is 0.0377. The monoisotopic (exact) mass is 245 g/mol. The topological polar surface area (TPSA) is 66.4 Å². The number of ether oxygens (including phenoxy) is 1. The summed E-state index contributed by atoms with van der Waals surface area (Å²) in [6.45, 7) is 0. The summed E-state index contributed by atoms with van der Waals surface area (Å²) in [4.78, 5) is 22.4. The van der Waals surface area contributed by atoms with Crippen LogP contribution in [0.4, 0.5) is 0 Å². The number of carboxylic acid groups (broad SMARTS) is 1. The summed E-state index contributed by atoms with van der Waals surface area (Å²) in [6, 6.07) is 7.23. The minimum Gasteiger partial charge on any atom is -0.545 e. The van der Waals surface area contributed by atoms with Crippen LogP contribution in [-0.2, 0) is 9.59 Å². The lowest BCUT2D eigenvalue weighted by Crippen LogP contribution is -2.30. The largest absolute Gasteiger partial charge is 0.545 e. The molecule has 4 nitrogen and oxygen atoms in total. The van der Waals surface area contributed by atoms with Gasteiger partial charge in [-0.25, -0.2) is 0 Å². The highest BCUT2D eigenvalue weighted by molar-refractivity contribution is 6.00. The van der Waals surface area contributed by atoms with E-state index in [1.807, 2.05) is 18.2 Å². The molecule has 2 rings (SSSR count). The van der Waals surface area contributed by atoms with Crippen molar-refractivity contribution in [3.63, 3.8) is 0 Å². The number of carboxylic acids is 1. The maximum absolute atomic E-state index is 11.3. The van der Waals surface area contributed by atoms with Gasteiger partial charge in [-0.05, 0) is 24.1 Å². The number of hydrogen-bond donors (Lipinski definition) is 0. The van der Waals surface area contributed by atoms with Crippen molar-refractivity contribution in [3.05, 3.63) is 41.5 Å². The molecule has 1 aromatic carbocycles. The van der Waals surface area contributed by atoms with Crippen molar-refractivity contribution in [3.8, 4) is 5.75 Å². The fourth-order valence-corrected chi connectivity index (χ4v) is 2.27. The standard InChI is InChI=1S/C14H14O4/c1-18-13-5-3-2-4-11(13)10-7-6-9(15)8-12(10)14(16)17/h2-5,8,10H,6-7H2,1H3,(H,16,17)/p-1. The van der Waals surface area contributed by atoms with Crippen molar-refractivity contribution >= 4 is 11.8 Å². The highest BCUT2D eigenvalue weighted by Crippen LogP contribution is 2.37. The minimum atomic E-state index is -1.29. The number of rotatable bonds is 3. The Bertz CT molecular complexity index is 516. The van der Waals surface area contributed by atoms with E-state index in [0.717, 1.165) is 5.56 Å². The number of allylic oxidation sites excluding steroid dienone is 1. The lowest BCUT2D eigenvalue weighted by atomic mass is 9.81. The van der Waals surface area contributed by atoms with Crippen LogP contribution in [0.15, 0.2) is 35.9 Å². The lowest BCUT2D eigenvalue weighted by molar-refractivity contribution is -0.299. The maximum atomic E-state index is 11.3. The fraction of sp³-hybridized carbons (Fsp3) is 0.286. The van der Waals surface area contributed by atoms with E-state index >= 15 is 0 Å². The summed E-state index contributed by atoms with van der Waals surface area (Å²) in [6.07, 6.45) is 1.99. The summed E-state index contributed by atoms with van der Waals surface area (Å²) < 4.78 is 5.23. The predicted molar refractivity (Wildman–Crippen MR) is 63.1 cm³/mol. The van der Waals surface area contributed by atoms with Crippen LogP contribution >= 0.6 is 0 Å². The molecule has 0 N–H and O–H groups in total. The van der Waals surface area contributed by atoms with Gasteiger partial charge in [-0.15, -0.1) is 0 Å². The average Bonchev–Trinajstić information content (AvgIpc) is 2.38. The van der Waals surface area contributed by atoms with E-state index in [9.17, 15) is 14.7 Å². The number of carbonyl (C=O) groups is 2. The van der Waals surface area contributed by atoms with Crippen molar-refractivity contribution < 1.29 is 19.4 Å². The van der Waals surface area contributed by atoms with Gasteiger partial charge >= 0.3 is 0 Å². The zero-order valence-electron chi connectivity index (χ0n) is 10.0. The first-order chi connectivity index (χ1) is 8.63. The number of aliphatic carboxylic acids is 1. The van der Waals surface area contributed by atoms with Crippen molar-refractivity contribution in [2.24, 2.45) is 0 Å². The van der Waals surface area contributed by atoms with E-state index in [0.29, 0.717) is 18.6 Å². The van der Waals surface area contributed by atoms with Gasteiger partial charge in [0.15, 0.2) is 5.78 Å². The normalized spacial score (nSPS) is 19.3. The Hall–Kier alpha value is -2.10. The second kappa shape index (κ2) is 5.04. The first-order valence-corrected chi connectivity index (χ1v) is 5.72. The molecular weight excluding hydrogens is 232 g/mol. The summed E-state index contributed by atoms with van der Waals surface area (Å²) in [5.41, 5.74) is 0.818. The summed E-state index contributed by atoms with van der Waals surface area (Å²) in [5.74, 6) is -1.17. The summed E-state index contributed by atoms with van der Waals surface area (Å²) >= 11 is 0. The molecule has 0 amide bonds. The quantitative estimate of drug-likeness (QED) is 0.790. The molecule has 0 aliphatic heterocycles. The Balaban J connectivity index is 2.46. The number of para-hydroxylation sites is 1. The Morgan fingerprint density at radius 2 is 2.11 bits per heavy atom. The van der Waals surface area contributed by atoms with Gasteiger partial charge in [-0.2, -0.15) is 0 Å². The molecule has 94 valence electrons. The molecule has 1 aliphatic rings. The third-order valence-corrected chi connectivity index (χ3v) is 3.12. The van der Waals surface area contributed by atoms with E-state index in [1.54, 1.807) is 6.07 Å². The number of ketones is 1. The fourth-order valence-electron chi connectivity index (χ4n) is 2.27. The van der Waals surface area contributed by atoms with Crippen molar-refractivity contribution in [1.29, 1.82) is 0 Å². The zero-order valence-corrected chi connectivity index (χ0v) is 10.0. The molecule has 0 spiro atoms. The Kier molecular flexibility index (Phi) is 3.46. The Morgan fingerprint density at radius 3 is 2.78 bits per heavy atom. The molecular formula is C14H13O4-. The molecule has 0 saturated carbocycles. The molecule has 4 heteroatoms. The van der Waals surface area contributed by atoms with Gasteiger partial charge in [0, 0.05) is 17.9 Å². The number of carbonyl (C=O) groups excluding carboxylic acids is 2. The molecule has 1 aliphatic carbocycles. The molecule has 0 bridgehead atoms. The lowest BCUT2D eigenvalue weighted by Gasteiger charge is -2.26. The molecule has 18 heavy (non-hydrogen) atoms. The van der Waals surface area contributed by atoms with Gasteiger partial charge in [0.1, 0.15) is 5.75 Å². The van der Waals surface area contributed by atoms with Crippen LogP contribution in [0.25, 0.3) is 0 Å². The third kappa shape index (κ3) is 2.27. The van der Waals surface area contributed by atoms with Crippen LogP contribution in [-0.4, -0.2) is 18.9 Å². The molecule has 0 fully saturated rings. The van der Waals surface area contributed by atoms with Gasteiger partial charge in [-0.3, -0.25) is 4.79 Å². The summed E-state index contributed by atoms with van der Waals surface area (Å²) in [5, 5.41) is 11.1. The number of benzene rings is 1. The van der Waals surface area contributed by atoms with E-state index in [2.05, 4.69) is 0 Å². The number of methoxy groups -OCH3 is 1. The predicted octanol–water partition coefficient (Wildman–Crippen LogP) is 0.818. The number of hydrogen-bond acceptors (Lipinski definition) is 4. The molecule has 1 aromatic rings. The van der Waals surface area contributed by atoms with Crippen LogP contribution in [0.3, 0.4) is 0 Å². The molecule has 0 heterocycles. The van der Waals surface area contributed by atoms with E-state index < -0.39 is 5.97 Å². The van der Waals surface area contributed by atoms with Gasteiger partial charge in [0.25, 0.3) is 0 Å². The summed E-state index contributed by atoms with van der Waals surface area (Å²) in [7, 11) is 1.54. The van der Waals surface area contributed by atoms with Gasteiger partial charge in [0.05, 0.1) is 13.1 Å². The van der Waals surface area contributed by atoms with Crippen LogP contribution in [0, 0.1) is 0 Å². The highest BCUT2D eigenvalue weighted by atomic mass is 16.5. The average molecular weight is 245 g/mol. The molecule has 1 atom stereocenters. The first kappa shape index (κ1) is 12.4. The SMILES string of the molecule is COc1ccccc1C1CCC(=O)C=C1C(=O)[O-]. The molecule has 1 unspecified atom stereocenters. The van der Waals surface area contributed by atoms with Crippen molar-refractivity contribution in [2.75, 3.05) is 7.11 Å². The Labute approximate surface area is 105 Å². The van der Waals surface area contributed by atoms with Crippen LogP contribution in [0.2, 0.25) is 0 Å². The van der Waals surface area contributed by atoms with Crippen LogP contribution in [0.1, 0.15) is 24.3 Å². The first-order valence-electron chi connectivity index (χ1n) is 5.72. The van der Waals surface area contributed by atoms with Crippen LogP contribution in [0.5, 0.6) is 5.75 Å². The Morgan fingerprint density at radius 1 is 1.39 bits per heavy atom. The smallest absolute Gasteiger partial charge is 0.156 e. The van der Waals surface area contributed by atoms with Crippen molar-refractivity contribution in [1.82, 2.24) is 0 Å². The molecule has 0 radical (unpaired) electrons. The van der Waals surface area contributed by atoms with Crippen molar-refractivity contribution in [2.45, 2.75) is 18.8 Å². The maximum Gasteiger partial charge on any atom is 0.156 e.